The predicted molar refractivity (Wildman–Crippen MR) is 122 cm³/mol. The topological polar surface area (TPSA) is 85.2 Å². The summed E-state index contributed by atoms with van der Waals surface area (Å²) in [6.45, 7) is 2.38. The molecular weight excluding hydrogens is 416 g/mol. The van der Waals surface area contributed by atoms with Gasteiger partial charge in [0, 0.05) is 30.1 Å². The van der Waals surface area contributed by atoms with Gasteiger partial charge in [0.15, 0.2) is 0 Å². The van der Waals surface area contributed by atoms with Crippen molar-refractivity contribution >= 4 is 40.9 Å². The summed E-state index contributed by atoms with van der Waals surface area (Å²) in [5.74, 6) is -0.551. The number of carbonyl (C=O) groups is 2. The summed E-state index contributed by atoms with van der Waals surface area (Å²) in [7, 11) is 1.45. The molecule has 2 aromatic carbocycles. The first-order valence-corrected chi connectivity index (χ1v) is 9.99. The zero-order valence-electron chi connectivity index (χ0n) is 17.3. The number of anilines is 2. The van der Waals surface area contributed by atoms with Crippen molar-refractivity contribution in [2.24, 2.45) is 0 Å². The van der Waals surface area contributed by atoms with E-state index in [1.54, 1.807) is 35.0 Å². The number of nitrogens with one attached hydrogen (secondary N) is 2. The minimum atomic E-state index is -0.303. The molecular formula is C23H23ClN4O3. The molecule has 2 amide bonds. The van der Waals surface area contributed by atoms with Crippen LogP contribution in [0.25, 0.3) is 6.08 Å². The van der Waals surface area contributed by atoms with Crippen LogP contribution in [0, 0.1) is 6.92 Å². The summed E-state index contributed by atoms with van der Waals surface area (Å²) in [5, 5.41) is 10.4. The fraction of sp³-hybridized carbons (Fsp3) is 0.174. The molecule has 1 aromatic heterocycles. The number of halogens is 1. The molecule has 0 aliphatic rings. The minimum absolute atomic E-state index is 0.0206. The van der Waals surface area contributed by atoms with Gasteiger partial charge in [-0.1, -0.05) is 41.9 Å². The van der Waals surface area contributed by atoms with Crippen molar-refractivity contribution in [2.75, 3.05) is 24.4 Å². The van der Waals surface area contributed by atoms with Gasteiger partial charge < -0.3 is 15.4 Å². The minimum Gasteiger partial charge on any atom is -0.375 e. The van der Waals surface area contributed by atoms with E-state index in [9.17, 15) is 9.59 Å². The van der Waals surface area contributed by atoms with Crippen LogP contribution in [0.1, 0.15) is 16.8 Å². The van der Waals surface area contributed by atoms with Crippen molar-refractivity contribution in [3.63, 3.8) is 0 Å². The third-order valence-electron chi connectivity index (χ3n) is 4.40. The van der Waals surface area contributed by atoms with Gasteiger partial charge in [-0.25, -0.2) is 4.68 Å². The Morgan fingerprint density at radius 2 is 1.71 bits per heavy atom. The zero-order valence-corrected chi connectivity index (χ0v) is 18.0. The average Bonchev–Trinajstić information content (AvgIpc) is 3.01. The molecule has 0 aliphatic carbocycles. The lowest BCUT2D eigenvalue weighted by atomic mass is 10.2. The van der Waals surface area contributed by atoms with Crippen LogP contribution in [-0.2, 0) is 20.9 Å². The van der Waals surface area contributed by atoms with Crippen molar-refractivity contribution in [2.45, 2.75) is 13.5 Å². The lowest BCUT2D eigenvalue weighted by Gasteiger charge is -2.06. The molecule has 1 heterocycles. The van der Waals surface area contributed by atoms with Crippen LogP contribution < -0.4 is 10.6 Å². The van der Waals surface area contributed by atoms with Crippen molar-refractivity contribution in [3.8, 4) is 0 Å². The molecule has 3 rings (SSSR count). The molecule has 0 unspecified atom stereocenters. The first-order chi connectivity index (χ1) is 15.0. The molecule has 160 valence electrons. The molecule has 0 bridgehead atoms. The molecule has 8 heteroatoms. The van der Waals surface area contributed by atoms with Gasteiger partial charge in [0.2, 0.25) is 11.8 Å². The summed E-state index contributed by atoms with van der Waals surface area (Å²) in [5.41, 5.74) is 3.73. The Kier molecular flexibility index (Phi) is 7.59. The smallest absolute Gasteiger partial charge is 0.250 e. The van der Waals surface area contributed by atoms with Crippen molar-refractivity contribution in [3.05, 3.63) is 82.6 Å². The second-order valence-electron chi connectivity index (χ2n) is 6.81. The van der Waals surface area contributed by atoms with Gasteiger partial charge in [-0.05, 0) is 42.8 Å². The first-order valence-electron chi connectivity index (χ1n) is 9.61. The van der Waals surface area contributed by atoms with E-state index < -0.39 is 0 Å². The summed E-state index contributed by atoms with van der Waals surface area (Å²) in [6.07, 6.45) is 3.07. The van der Waals surface area contributed by atoms with E-state index in [0.29, 0.717) is 28.6 Å². The highest BCUT2D eigenvalue weighted by molar-refractivity contribution is 6.31. The molecule has 0 atom stereocenters. The Labute approximate surface area is 185 Å². The van der Waals surface area contributed by atoms with Gasteiger partial charge in [0.05, 0.1) is 12.2 Å². The number of carbonyl (C=O) groups excluding carboxylic acids is 2. The van der Waals surface area contributed by atoms with E-state index in [1.807, 2.05) is 37.3 Å². The van der Waals surface area contributed by atoms with E-state index in [1.165, 1.54) is 13.2 Å². The summed E-state index contributed by atoms with van der Waals surface area (Å²) >= 11 is 6.48. The average molecular weight is 439 g/mol. The second-order valence-corrected chi connectivity index (χ2v) is 7.17. The van der Waals surface area contributed by atoms with Crippen LogP contribution in [0.15, 0.2) is 60.7 Å². The Morgan fingerprint density at radius 3 is 2.35 bits per heavy atom. The highest BCUT2D eigenvalue weighted by Gasteiger charge is 2.12. The molecule has 0 fully saturated rings. The second kappa shape index (κ2) is 10.6. The fourth-order valence-corrected chi connectivity index (χ4v) is 3.22. The third-order valence-corrected chi connectivity index (χ3v) is 4.80. The van der Waals surface area contributed by atoms with Crippen molar-refractivity contribution in [1.82, 2.24) is 9.78 Å². The van der Waals surface area contributed by atoms with Gasteiger partial charge in [-0.15, -0.1) is 0 Å². The first kappa shape index (κ1) is 22.3. The molecule has 0 aliphatic heterocycles. The predicted octanol–water partition coefficient (Wildman–Crippen LogP) is 4.13. The Morgan fingerprint density at radius 1 is 1.06 bits per heavy atom. The van der Waals surface area contributed by atoms with E-state index >= 15 is 0 Å². The molecule has 2 N–H and O–H groups in total. The molecule has 0 radical (unpaired) electrons. The lowest BCUT2D eigenvalue weighted by Crippen LogP contribution is -2.17. The van der Waals surface area contributed by atoms with Crippen LogP contribution in [0.3, 0.4) is 0 Å². The van der Waals surface area contributed by atoms with Crippen LogP contribution in [-0.4, -0.2) is 35.3 Å². The quantitative estimate of drug-likeness (QED) is 0.518. The van der Waals surface area contributed by atoms with Gasteiger partial charge in [0.1, 0.15) is 11.8 Å². The number of hydrogen-bond acceptors (Lipinski definition) is 4. The van der Waals surface area contributed by atoms with E-state index in [-0.39, 0.29) is 18.4 Å². The molecule has 3 aromatic rings. The van der Waals surface area contributed by atoms with E-state index in [4.69, 9.17) is 16.3 Å². The largest absolute Gasteiger partial charge is 0.375 e. The number of methoxy groups -OCH3 is 1. The highest BCUT2D eigenvalue weighted by atomic mass is 35.5. The van der Waals surface area contributed by atoms with E-state index in [2.05, 4.69) is 15.7 Å². The van der Waals surface area contributed by atoms with Crippen LogP contribution in [0.5, 0.6) is 0 Å². The fourth-order valence-electron chi connectivity index (χ4n) is 2.93. The maximum absolute atomic E-state index is 12.3. The summed E-state index contributed by atoms with van der Waals surface area (Å²) in [6, 6.07) is 16.7. The number of amides is 2. The number of benzene rings is 2. The lowest BCUT2D eigenvalue weighted by molar-refractivity contribution is -0.119. The molecule has 0 spiro atoms. The number of aromatic nitrogens is 2. The maximum Gasteiger partial charge on any atom is 0.250 e. The van der Waals surface area contributed by atoms with Crippen molar-refractivity contribution in [1.29, 1.82) is 0 Å². The van der Waals surface area contributed by atoms with Gasteiger partial charge in [-0.2, -0.15) is 5.10 Å². The number of ether oxygens (including phenoxy) is 1. The molecule has 0 saturated carbocycles. The van der Waals surface area contributed by atoms with Crippen LogP contribution in [0.2, 0.25) is 5.15 Å². The van der Waals surface area contributed by atoms with Gasteiger partial charge >= 0.3 is 0 Å². The molecule has 31 heavy (non-hydrogen) atoms. The zero-order chi connectivity index (χ0) is 22.2. The number of rotatable bonds is 8. The SMILES string of the molecule is COCC(=O)Nc1ccc(NC(=O)/C=C/c2c(C)nn(Cc3ccccc3)c2Cl)cc1. The van der Waals surface area contributed by atoms with Gasteiger partial charge in [-0.3, -0.25) is 9.59 Å². The monoisotopic (exact) mass is 438 g/mol. The van der Waals surface area contributed by atoms with Crippen LogP contribution >= 0.6 is 11.6 Å². The third kappa shape index (κ3) is 6.28. The summed E-state index contributed by atoms with van der Waals surface area (Å²) < 4.78 is 6.48. The Bertz CT molecular complexity index is 1080. The number of aryl methyl sites for hydroxylation is 1. The Hall–Kier alpha value is -3.42. The number of hydrogen-bond donors (Lipinski definition) is 2. The van der Waals surface area contributed by atoms with Gasteiger partial charge in [0.25, 0.3) is 0 Å². The van der Waals surface area contributed by atoms with Crippen molar-refractivity contribution < 1.29 is 14.3 Å². The highest BCUT2D eigenvalue weighted by Crippen LogP contribution is 2.22. The Balaban J connectivity index is 1.61. The normalized spacial score (nSPS) is 10.9. The standard InChI is InChI=1S/C23H23ClN4O3/c1-16-20(23(24)28(27-16)14-17-6-4-3-5-7-17)12-13-21(29)25-18-8-10-19(11-9-18)26-22(30)15-31-2/h3-13H,14-15H2,1-2H3,(H,25,29)(H,26,30)/b13-12+. The summed E-state index contributed by atoms with van der Waals surface area (Å²) in [4.78, 5) is 23.8. The molecule has 7 nitrogen and oxygen atoms in total. The molecule has 0 saturated heterocycles. The van der Waals surface area contributed by atoms with E-state index in [0.717, 1.165) is 11.3 Å². The number of nitrogens with zero attached hydrogens (tertiary/aromatic N) is 2. The van der Waals surface area contributed by atoms with Crippen LogP contribution in [0.4, 0.5) is 11.4 Å². The maximum atomic E-state index is 12.3.